The Labute approximate surface area is 68.4 Å². The van der Waals surface area contributed by atoms with Crippen LogP contribution in [0.15, 0.2) is 0 Å². The Morgan fingerprint density at radius 2 is 1.83 bits per heavy atom. The molecule has 3 nitrogen and oxygen atoms in total. The fourth-order valence-electron chi connectivity index (χ4n) is 0.508. The SMILES string of the molecule is COCC(OC)OCC(F)(F)F. The van der Waals surface area contributed by atoms with Crippen LogP contribution >= 0.6 is 0 Å². The molecule has 0 aliphatic carbocycles. The zero-order valence-electron chi connectivity index (χ0n) is 6.85. The van der Waals surface area contributed by atoms with Crippen molar-refractivity contribution in [3.05, 3.63) is 0 Å². The quantitative estimate of drug-likeness (QED) is 0.606. The summed E-state index contributed by atoms with van der Waals surface area (Å²) in [5.74, 6) is 0. The van der Waals surface area contributed by atoms with E-state index >= 15 is 0 Å². The summed E-state index contributed by atoms with van der Waals surface area (Å²) in [7, 11) is 2.60. The minimum atomic E-state index is -4.33. The predicted octanol–water partition coefficient (Wildman–Crippen LogP) is 1.18. The molecule has 0 aromatic rings. The van der Waals surface area contributed by atoms with Crippen LogP contribution in [-0.2, 0) is 14.2 Å². The second-order valence-electron chi connectivity index (χ2n) is 2.05. The van der Waals surface area contributed by atoms with Crippen LogP contribution in [0, 0.1) is 0 Å². The molecule has 0 saturated heterocycles. The molecule has 0 radical (unpaired) electrons. The molecule has 0 spiro atoms. The van der Waals surface area contributed by atoms with E-state index in [0.29, 0.717) is 0 Å². The molecule has 0 amide bonds. The molecule has 1 unspecified atom stereocenters. The lowest BCUT2D eigenvalue weighted by atomic mass is 10.6. The van der Waals surface area contributed by atoms with Crippen molar-refractivity contribution >= 4 is 0 Å². The highest BCUT2D eigenvalue weighted by molar-refractivity contribution is 4.48. The Bertz CT molecular complexity index is 115. The van der Waals surface area contributed by atoms with E-state index in [1.54, 1.807) is 0 Å². The molecule has 0 rings (SSSR count). The normalized spacial score (nSPS) is 14.8. The summed E-state index contributed by atoms with van der Waals surface area (Å²) in [4.78, 5) is 0. The summed E-state index contributed by atoms with van der Waals surface area (Å²) in [6.07, 6.45) is -5.29. The van der Waals surface area contributed by atoms with Gasteiger partial charge in [-0.2, -0.15) is 13.2 Å². The molecule has 1 atom stereocenters. The smallest absolute Gasteiger partial charge is 0.379 e. The van der Waals surface area contributed by atoms with Crippen molar-refractivity contribution in [1.82, 2.24) is 0 Å². The predicted molar refractivity (Wildman–Crippen MR) is 34.7 cm³/mol. The first-order chi connectivity index (χ1) is 5.49. The maximum atomic E-state index is 11.6. The topological polar surface area (TPSA) is 27.7 Å². The van der Waals surface area contributed by atoms with Crippen LogP contribution in [0.4, 0.5) is 13.2 Å². The van der Waals surface area contributed by atoms with Crippen LogP contribution in [0.25, 0.3) is 0 Å². The van der Waals surface area contributed by atoms with Crippen molar-refractivity contribution < 1.29 is 27.4 Å². The summed E-state index contributed by atoms with van der Waals surface area (Å²) in [6.45, 7) is -1.35. The largest absolute Gasteiger partial charge is 0.411 e. The van der Waals surface area contributed by atoms with Crippen LogP contribution < -0.4 is 0 Å². The van der Waals surface area contributed by atoms with Crippen molar-refractivity contribution in [2.45, 2.75) is 12.5 Å². The third-order valence-corrected chi connectivity index (χ3v) is 0.999. The molecule has 0 aliphatic rings. The molecule has 0 aromatic carbocycles. The Kier molecular flexibility index (Phi) is 5.19. The van der Waals surface area contributed by atoms with Crippen LogP contribution in [0.1, 0.15) is 0 Å². The number of halogens is 3. The fraction of sp³-hybridized carbons (Fsp3) is 1.00. The van der Waals surface area contributed by atoms with Gasteiger partial charge >= 0.3 is 6.18 Å². The lowest BCUT2D eigenvalue weighted by molar-refractivity contribution is -0.231. The van der Waals surface area contributed by atoms with Gasteiger partial charge in [-0.3, -0.25) is 0 Å². The van der Waals surface area contributed by atoms with E-state index < -0.39 is 19.1 Å². The van der Waals surface area contributed by atoms with Crippen LogP contribution in [-0.4, -0.2) is 39.9 Å². The van der Waals surface area contributed by atoms with E-state index in [2.05, 4.69) is 14.2 Å². The number of alkyl halides is 3. The second-order valence-corrected chi connectivity index (χ2v) is 2.05. The molecule has 0 heterocycles. The second kappa shape index (κ2) is 5.34. The summed E-state index contributed by atoms with van der Waals surface area (Å²) in [5, 5.41) is 0. The van der Waals surface area contributed by atoms with Gasteiger partial charge in [0.05, 0.1) is 6.61 Å². The lowest BCUT2D eigenvalue weighted by Gasteiger charge is -2.16. The Morgan fingerprint density at radius 1 is 1.25 bits per heavy atom. The molecule has 6 heteroatoms. The maximum Gasteiger partial charge on any atom is 0.411 e. The first-order valence-corrected chi connectivity index (χ1v) is 3.19. The van der Waals surface area contributed by atoms with Crippen molar-refractivity contribution in [3.8, 4) is 0 Å². The Balaban J connectivity index is 3.58. The minimum Gasteiger partial charge on any atom is -0.379 e. The molecule has 0 bridgehead atoms. The van der Waals surface area contributed by atoms with Crippen LogP contribution in [0.3, 0.4) is 0 Å². The van der Waals surface area contributed by atoms with Crippen LogP contribution in [0.2, 0.25) is 0 Å². The van der Waals surface area contributed by atoms with Gasteiger partial charge in [-0.15, -0.1) is 0 Å². The number of hydrogen-bond donors (Lipinski definition) is 0. The molecule has 12 heavy (non-hydrogen) atoms. The van der Waals surface area contributed by atoms with Crippen molar-refractivity contribution in [1.29, 1.82) is 0 Å². The summed E-state index contributed by atoms with van der Waals surface area (Å²) >= 11 is 0. The van der Waals surface area contributed by atoms with E-state index in [1.165, 1.54) is 14.2 Å². The van der Waals surface area contributed by atoms with Gasteiger partial charge in [0, 0.05) is 14.2 Å². The van der Waals surface area contributed by atoms with E-state index in [9.17, 15) is 13.2 Å². The van der Waals surface area contributed by atoms with E-state index in [4.69, 9.17) is 0 Å². The Morgan fingerprint density at radius 3 is 2.17 bits per heavy atom. The van der Waals surface area contributed by atoms with Gasteiger partial charge in [0.25, 0.3) is 0 Å². The minimum absolute atomic E-state index is 0.0212. The monoisotopic (exact) mass is 188 g/mol. The third-order valence-electron chi connectivity index (χ3n) is 0.999. The van der Waals surface area contributed by atoms with Gasteiger partial charge in [0.15, 0.2) is 6.29 Å². The molecule has 0 aromatic heterocycles. The highest BCUT2D eigenvalue weighted by atomic mass is 19.4. The summed E-state index contributed by atoms with van der Waals surface area (Å²) in [5.41, 5.74) is 0. The third kappa shape index (κ3) is 6.38. The van der Waals surface area contributed by atoms with Gasteiger partial charge in [-0.05, 0) is 0 Å². The van der Waals surface area contributed by atoms with Crippen molar-refractivity contribution in [2.24, 2.45) is 0 Å². The number of rotatable bonds is 5. The Hall–Kier alpha value is -0.330. The molecule has 74 valence electrons. The first-order valence-electron chi connectivity index (χ1n) is 3.19. The number of methoxy groups -OCH3 is 2. The van der Waals surface area contributed by atoms with Crippen molar-refractivity contribution in [2.75, 3.05) is 27.4 Å². The van der Waals surface area contributed by atoms with Crippen molar-refractivity contribution in [3.63, 3.8) is 0 Å². The van der Waals surface area contributed by atoms with Gasteiger partial charge < -0.3 is 14.2 Å². The maximum absolute atomic E-state index is 11.6. The standard InChI is InChI=1S/C6H11F3O3/c1-10-3-5(11-2)12-4-6(7,8)9/h5H,3-4H2,1-2H3. The van der Waals surface area contributed by atoms with Gasteiger partial charge in [-0.1, -0.05) is 0 Å². The zero-order valence-corrected chi connectivity index (χ0v) is 6.85. The highest BCUT2D eigenvalue weighted by Crippen LogP contribution is 2.15. The summed E-state index contributed by atoms with van der Waals surface area (Å²) < 4.78 is 48.1. The summed E-state index contributed by atoms with van der Waals surface area (Å²) in [6, 6.07) is 0. The first kappa shape index (κ1) is 11.7. The van der Waals surface area contributed by atoms with Gasteiger partial charge in [0.2, 0.25) is 0 Å². The van der Waals surface area contributed by atoms with Crippen LogP contribution in [0.5, 0.6) is 0 Å². The van der Waals surface area contributed by atoms with Gasteiger partial charge in [0.1, 0.15) is 6.61 Å². The molecule has 0 aliphatic heterocycles. The number of ether oxygens (including phenoxy) is 3. The average molecular weight is 188 g/mol. The van der Waals surface area contributed by atoms with E-state index in [-0.39, 0.29) is 6.61 Å². The molecular formula is C6H11F3O3. The van der Waals surface area contributed by atoms with E-state index in [0.717, 1.165) is 0 Å². The zero-order chi connectivity index (χ0) is 9.61. The molecule has 0 fully saturated rings. The van der Waals surface area contributed by atoms with Gasteiger partial charge in [-0.25, -0.2) is 0 Å². The molecular weight excluding hydrogens is 177 g/mol. The number of hydrogen-bond acceptors (Lipinski definition) is 3. The highest BCUT2D eigenvalue weighted by Gasteiger charge is 2.29. The molecule has 0 N–H and O–H groups in total. The van der Waals surface area contributed by atoms with E-state index in [1.807, 2.05) is 0 Å². The lowest BCUT2D eigenvalue weighted by Crippen LogP contribution is -2.27. The fourth-order valence-corrected chi connectivity index (χ4v) is 0.508. The average Bonchev–Trinajstić information content (AvgIpc) is 1.96. The molecule has 0 saturated carbocycles.